The number of ether oxygens (including phenoxy) is 1. The second-order valence-corrected chi connectivity index (χ2v) is 5.26. The zero-order valence-corrected chi connectivity index (χ0v) is 13.1. The van der Waals surface area contributed by atoms with Crippen LogP contribution in [0.3, 0.4) is 0 Å². The van der Waals surface area contributed by atoms with Crippen molar-refractivity contribution in [3.05, 3.63) is 59.9 Å². The van der Waals surface area contributed by atoms with E-state index in [4.69, 9.17) is 16.3 Å². The lowest BCUT2D eigenvalue weighted by molar-refractivity contribution is 0.262. The zero-order valence-electron chi connectivity index (χ0n) is 12.3. The van der Waals surface area contributed by atoms with Gasteiger partial charge in [0, 0.05) is 28.2 Å². The number of anilines is 2. The van der Waals surface area contributed by atoms with E-state index >= 15 is 0 Å². The molecule has 0 atom stereocenters. The van der Waals surface area contributed by atoms with Gasteiger partial charge in [-0.25, -0.2) is 4.79 Å². The van der Waals surface area contributed by atoms with Crippen LogP contribution in [-0.2, 0) is 0 Å². The number of amides is 2. The number of aromatic nitrogens is 1. The molecular weight excluding hydrogens is 314 g/mol. The van der Waals surface area contributed by atoms with Gasteiger partial charge in [-0.15, -0.1) is 0 Å². The lowest BCUT2D eigenvalue weighted by Crippen LogP contribution is -2.20. The van der Waals surface area contributed by atoms with Gasteiger partial charge in [-0.1, -0.05) is 23.7 Å². The SMILES string of the molecule is COc1ccc(Cl)cc1NC(=O)Nc1cccc2cnccc12. The van der Waals surface area contributed by atoms with Crippen molar-refractivity contribution in [2.24, 2.45) is 0 Å². The Bertz CT molecular complexity index is 862. The van der Waals surface area contributed by atoms with Gasteiger partial charge in [0.25, 0.3) is 0 Å². The predicted octanol–water partition coefficient (Wildman–Crippen LogP) is 4.54. The molecule has 6 heteroatoms. The first-order chi connectivity index (χ1) is 11.2. The van der Waals surface area contributed by atoms with E-state index < -0.39 is 0 Å². The van der Waals surface area contributed by atoms with E-state index in [2.05, 4.69) is 15.6 Å². The third kappa shape index (κ3) is 3.35. The molecule has 23 heavy (non-hydrogen) atoms. The highest BCUT2D eigenvalue weighted by atomic mass is 35.5. The summed E-state index contributed by atoms with van der Waals surface area (Å²) in [5.41, 5.74) is 1.20. The van der Waals surface area contributed by atoms with E-state index in [1.54, 1.807) is 30.6 Å². The number of carbonyl (C=O) groups is 1. The summed E-state index contributed by atoms with van der Waals surface area (Å²) in [6.45, 7) is 0. The molecule has 1 aromatic heterocycles. The quantitative estimate of drug-likeness (QED) is 0.742. The molecule has 0 aliphatic carbocycles. The highest BCUT2D eigenvalue weighted by molar-refractivity contribution is 6.31. The topological polar surface area (TPSA) is 63.2 Å². The molecule has 0 aliphatic rings. The molecule has 0 radical (unpaired) electrons. The van der Waals surface area contributed by atoms with Crippen molar-refractivity contribution in [3.8, 4) is 5.75 Å². The number of carbonyl (C=O) groups excluding carboxylic acids is 1. The minimum atomic E-state index is -0.380. The lowest BCUT2D eigenvalue weighted by Gasteiger charge is -2.12. The van der Waals surface area contributed by atoms with E-state index in [1.807, 2.05) is 24.3 Å². The van der Waals surface area contributed by atoms with Crippen LogP contribution in [-0.4, -0.2) is 18.1 Å². The fourth-order valence-corrected chi connectivity index (χ4v) is 2.46. The molecule has 0 bridgehead atoms. The molecule has 3 rings (SSSR count). The van der Waals surface area contributed by atoms with Crippen molar-refractivity contribution < 1.29 is 9.53 Å². The third-order valence-corrected chi connectivity index (χ3v) is 3.57. The second-order valence-electron chi connectivity index (χ2n) is 4.83. The summed E-state index contributed by atoms with van der Waals surface area (Å²) in [4.78, 5) is 16.3. The van der Waals surface area contributed by atoms with E-state index in [0.717, 1.165) is 10.8 Å². The van der Waals surface area contributed by atoms with Gasteiger partial charge in [0.15, 0.2) is 0 Å². The van der Waals surface area contributed by atoms with Crippen LogP contribution in [0.2, 0.25) is 5.02 Å². The first-order valence-electron chi connectivity index (χ1n) is 6.91. The number of fused-ring (bicyclic) bond motifs is 1. The van der Waals surface area contributed by atoms with Crippen LogP contribution >= 0.6 is 11.6 Å². The van der Waals surface area contributed by atoms with Gasteiger partial charge < -0.3 is 15.4 Å². The Hall–Kier alpha value is -2.79. The molecule has 2 amide bonds. The Kier molecular flexibility index (Phi) is 4.30. The Morgan fingerprint density at radius 2 is 1.96 bits per heavy atom. The van der Waals surface area contributed by atoms with E-state index in [-0.39, 0.29) is 6.03 Å². The molecule has 5 nitrogen and oxygen atoms in total. The molecule has 0 saturated heterocycles. The van der Waals surface area contributed by atoms with Gasteiger partial charge in [0.1, 0.15) is 5.75 Å². The smallest absolute Gasteiger partial charge is 0.323 e. The number of nitrogens with zero attached hydrogens (tertiary/aromatic N) is 1. The maximum atomic E-state index is 12.3. The van der Waals surface area contributed by atoms with Crippen LogP contribution < -0.4 is 15.4 Å². The normalized spacial score (nSPS) is 10.3. The number of hydrogen-bond acceptors (Lipinski definition) is 3. The molecule has 0 fully saturated rings. The molecule has 0 spiro atoms. The van der Waals surface area contributed by atoms with Crippen LogP contribution in [0, 0.1) is 0 Å². The molecule has 1 heterocycles. The number of benzene rings is 2. The number of pyridine rings is 1. The van der Waals surface area contributed by atoms with Gasteiger partial charge in [0.2, 0.25) is 0 Å². The molecule has 2 aromatic carbocycles. The third-order valence-electron chi connectivity index (χ3n) is 3.34. The fraction of sp³-hybridized carbons (Fsp3) is 0.0588. The molecular formula is C17H14ClN3O2. The maximum Gasteiger partial charge on any atom is 0.323 e. The number of rotatable bonds is 3. The Morgan fingerprint density at radius 1 is 1.13 bits per heavy atom. The van der Waals surface area contributed by atoms with Crippen molar-refractivity contribution in [2.45, 2.75) is 0 Å². The standard InChI is InChI=1S/C17H14ClN3O2/c1-23-16-6-5-12(18)9-15(16)21-17(22)20-14-4-2-3-11-10-19-8-7-13(11)14/h2-10H,1H3,(H2,20,21,22). The van der Waals surface area contributed by atoms with Gasteiger partial charge in [0.05, 0.1) is 18.5 Å². The Morgan fingerprint density at radius 3 is 2.78 bits per heavy atom. The number of halogens is 1. The van der Waals surface area contributed by atoms with Gasteiger partial charge in [-0.2, -0.15) is 0 Å². The average Bonchev–Trinajstić information content (AvgIpc) is 2.55. The minimum Gasteiger partial charge on any atom is -0.495 e. The fourth-order valence-electron chi connectivity index (χ4n) is 2.29. The minimum absolute atomic E-state index is 0.380. The summed E-state index contributed by atoms with van der Waals surface area (Å²) in [5.74, 6) is 0.534. The average molecular weight is 328 g/mol. The number of methoxy groups -OCH3 is 1. The summed E-state index contributed by atoms with van der Waals surface area (Å²) < 4.78 is 5.21. The number of urea groups is 1. The van der Waals surface area contributed by atoms with Crippen molar-refractivity contribution >= 4 is 39.8 Å². The first kappa shape index (κ1) is 15.1. The summed E-state index contributed by atoms with van der Waals surface area (Å²) in [6, 6.07) is 12.1. The van der Waals surface area contributed by atoms with Crippen LogP contribution in [0.25, 0.3) is 10.8 Å². The monoisotopic (exact) mass is 327 g/mol. The molecule has 0 aliphatic heterocycles. The number of nitrogens with one attached hydrogen (secondary N) is 2. The molecule has 116 valence electrons. The molecule has 0 saturated carbocycles. The van der Waals surface area contributed by atoms with Crippen molar-refractivity contribution in [2.75, 3.05) is 17.7 Å². The highest BCUT2D eigenvalue weighted by Crippen LogP contribution is 2.28. The number of hydrogen-bond donors (Lipinski definition) is 2. The largest absolute Gasteiger partial charge is 0.495 e. The van der Waals surface area contributed by atoms with Crippen LogP contribution in [0.15, 0.2) is 54.9 Å². The highest BCUT2D eigenvalue weighted by Gasteiger charge is 2.10. The summed E-state index contributed by atoms with van der Waals surface area (Å²) in [6.07, 6.45) is 3.43. The summed E-state index contributed by atoms with van der Waals surface area (Å²) >= 11 is 5.96. The van der Waals surface area contributed by atoms with Gasteiger partial charge in [-0.3, -0.25) is 4.98 Å². The van der Waals surface area contributed by atoms with Crippen molar-refractivity contribution in [1.29, 1.82) is 0 Å². The van der Waals surface area contributed by atoms with E-state index in [0.29, 0.717) is 22.1 Å². The Labute approximate surface area is 138 Å². The first-order valence-corrected chi connectivity index (χ1v) is 7.29. The van der Waals surface area contributed by atoms with E-state index in [9.17, 15) is 4.79 Å². The summed E-state index contributed by atoms with van der Waals surface area (Å²) in [5, 5.41) is 7.94. The van der Waals surface area contributed by atoms with Crippen molar-refractivity contribution in [3.63, 3.8) is 0 Å². The predicted molar refractivity (Wildman–Crippen MR) is 92.4 cm³/mol. The van der Waals surface area contributed by atoms with E-state index in [1.165, 1.54) is 7.11 Å². The molecule has 3 aromatic rings. The summed E-state index contributed by atoms with van der Waals surface area (Å²) in [7, 11) is 1.53. The van der Waals surface area contributed by atoms with Crippen LogP contribution in [0.5, 0.6) is 5.75 Å². The van der Waals surface area contributed by atoms with Crippen LogP contribution in [0.4, 0.5) is 16.2 Å². The zero-order chi connectivity index (χ0) is 16.2. The van der Waals surface area contributed by atoms with Gasteiger partial charge >= 0.3 is 6.03 Å². The van der Waals surface area contributed by atoms with Gasteiger partial charge in [-0.05, 0) is 30.3 Å². The lowest BCUT2D eigenvalue weighted by atomic mass is 10.1. The van der Waals surface area contributed by atoms with Crippen LogP contribution in [0.1, 0.15) is 0 Å². The maximum absolute atomic E-state index is 12.3. The second kappa shape index (κ2) is 6.54. The van der Waals surface area contributed by atoms with Crippen molar-refractivity contribution in [1.82, 2.24) is 4.98 Å². The Balaban J connectivity index is 1.83. The molecule has 0 unspecified atom stereocenters. The molecule has 2 N–H and O–H groups in total.